The van der Waals surface area contributed by atoms with Crippen LogP contribution >= 0.6 is 0 Å². The molecule has 7 nitrogen and oxygen atoms in total. The molecule has 0 bridgehead atoms. The standard InChI is InChI=1S/C11H18N6O/c1-6(4-5-12)2-3-7-14-8-9(15-7)16-11(13)17-10(8)18/h6H,2-5,12H2,1H3,(H4,13,14,15,16,17,18). The second-order valence-electron chi connectivity index (χ2n) is 4.55. The smallest absolute Gasteiger partial charge is 0.278 e. The van der Waals surface area contributed by atoms with Crippen molar-refractivity contribution in [3.63, 3.8) is 0 Å². The molecule has 0 aliphatic heterocycles. The molecule has 0 aromatic carbocycles. The van der Waals surface area contributed by atoms with E-state index in [1.165, 1.54) is 0 Å². The van der Waals surface area contributed by atoms with Gasteiger partial charge in [0.2, 0.25) is 5.95 Å². The number of aryl methyl sites for hydroxylation is 1. The molecule has 98 valence electrons. The van der Waals surface area contributed by atoms with E-state index in [1.54, 1.807) is 0 Å². The van der Waals surface area contributed by atoms with Crippen molar-refractivity contribution in [2.45, 2.75) is 26.2 Å². The molecule has 0 radical (unpaired) electrons. The van der Waals surface area contributed by atoms with Crippen molar-refractivity contribution >= 4 is 17.1 Å². The van der Waals surface area contributed by atoms with Gasteiger partial charge in [-0.05, 0) is 25.3 Å². The number of nitrogen functional groups attached to an aromatic ring is 1. The molecule has 0 saturated carbocycles. The van der Waals surface area contributed by atoms with Gasteiger partial charge in [-0.1, -0.05) is 6.92 Å². The maximum absolute atomic E-state index is 11.6. The molecule has 0 amide bonds. The van der Waals surface area contributed by atoms with E-state index in [-0.39, 0.29) is 11.5 Å². The Morgan fingerprint density at radius 2 is 2.06 bits per heavy atom. The molecule has 18 heavy (non-hydrogen) atoms. The first-order valence-electron chi connectivity index (χ1n) is 6.04. The Labute approximate surface area is 104 Å². The number of hydrogen-bond acceptors (Lipinski definition) is 5. The van der Waals surface area contributed by atoms with Gasteiger partial charge in [0.25, 0.3) is 5.56 Å². The fraction of sp³-hybridized carbons (Fsp3) is 0.545. The summed E-state index contributed by atoms with van der Waals surface area (Å²) in [5.74, 6) is 1.39. The fourth-order valence-electron chi connectivity index (χ4n) is 1.90. The zero-order chi connectivity index (χ0) is 13.1. The Hall–Kier alpha value is -1.89. The van der Waals surface area contributed by atoms with Crippen molar-refractivity contribution in [1.82, 2.24) is 19.9 Å². The topological polar surface area (TPSA) is 126 Å². The van der Waals surface area contributed by atoms with Crippen LogP contribution in [0.2, 0.25) is 0 Å². The van der Waals surface area contributed by atoms with Gasteiger partial charge in [0.1, 0.15) is 5.82 Å². The van der Waals surface area contributed by atoms with Crippen LogP contribution in [0.25, 0.3) is 11.2 Å². The summed E-state index contributed by atoms with van der Waals surface area (Å²) in [6.45, 7) is 2.84. The van der Waals surface area contributed by atoms with Crippen LogP contribution < -0.4 is 17.0 Å². The molecule has 0 saturated heterocycles. The fourth-order valence-corrected chi connectivity index (χ4v) is 1.90. The van der Waals surface area contributed by atoms with Crippen LogP contribution in [0, 0.1) is 5.92 Å². The molecule has 7 heteroatoms. The van der Waals surface area contributed by atoms with Gasteiger partial charge in [-0.25, -0.2) is 4.98 Å². The number of anilines is 1. The molecular formula is C11H18N6O. The Balaban J connectivity index is 2.15. The minimum absolute atomic E-state index is 0.0852. The summed E-state index contributed by atoms with van der Waals surface area (Å²) in [6, 6.07) is 0. The van der Waals surface area contributed by atoms with Crippen molar-refractivity contribution in [2.24, 2.45) is 11.7 Å². The quantitative estimate of drug-likeness (QED) is 0.600. The van der Waals surface area contributed by atoms with E-state index in [9.17, 15) is 4.79 Å². The number of fused-ring (bicyclic) bond motifs is 1. The number of nitrogens with one attached hydrogen (secondary N) is 2. The molecule has 2 aromatic rings. The normalized spacial score (nSPS) is 13.0. The number of hydrogen-bond donors (Lipinski definition) is 4. The number of nitrogens with two attached hydrogens (primary N) is 2. The molecule has 2 heterocycles. The summed E-state index contributed by atoms with van der Waals surface area (Å²) >= 11 is 0. The average Bonchev–Trinajstić information content (AvgIpc) is 2.70. The Morgan fingerprint density at radius 1 is 1.28 bits per heavy atom. The first-order chi connectivity index (χ1) is 8.60. The maximum Gasteiger partial charge on any atom is 0.278 e. The lowest BCUT2D eigenvalue weighted by Gasteiger charge is -2.07. The third-order valence-corrected chi connectivity index (χ3v) is 2.96. The Bertz CT molecular complexity index is 587. The van der Waals surface area contributed by atoms with Crippen LogP contribution in [0.15, 0.2) is 4.79 Å². The zero-order valence-electron chi connectivity index (χ0n) is 10.4. The first-order valence-corrected chi connectivity index (χ1v) is 6.04. The lowest BCUT2D eigenvalue weighted by atomic mass is 10.0. The van der Waals surface area contributed by atoms with E-state index in [0.717, 1.165) is 25.1 Å². The highest BCUT2D eigenvalue weighted by Crippen LogP contribution is 2.12. The molecule has 0 fully saturated rings. The Morgan fingerprint density at radius 3 is 2.78 bits per heavy atom. The van der Waals surface area contributed by atoms with E-state index in [1.807, 2.05) is 0 Å². The van der Waals surface area contributed by atoms with Crippen molar-refractivity contribution in [3.05, 3.63) is 16.2 Å². The number of imidazole rings is 1. The van der Waals surface area contributed by atoms with Crippen LogP contribution in [-0.2, 0) is 6.42 Å². The zero-order valence-corrected chi connectivity index (χ0v) is 10.4. The van der Waals surface area contributed by atoms with Crippen molar-refractivity contribution in [3.8, 4) is 0 Å². The highest BCUT2D eigenvalue weighted by atomic mass is 16.1. The van der Waals surface area contributed by atoms with Gasteiger partial charge in [-0.15, -0.1) is 0 Å². The third-order valence-electron chi connectivity index (χ3n) is 2.96. The second-order valence-corrected chi connectivity index (χ2v) is 4.55. The average molecular weight is 250 g/mol. The number of nitrogens with zero attached hydrogens (tertiary/aromatic N) is 2. The second kappa shape index (κ2) is 5.18. The molecule has 0 aliphatic carbocycles. The predicted molar refractivity (Wildman–Crippen MR) is 70.1 cm³/mol. The molecular weight excluding hydrogens is 232 g/mol. The Kier molecular flexibility index (Phi) is 3.61. The highest BCUT2D eigenvalue weighted by Gasteiger charge is 2.09. The third kappa shape index (κ3) is 2.67. The van der Waals surface area contributed by atoms with Gasteiger partial charge in [-0.2, -0.15) is 4.98 Å². The summed E-state index contributed by atoms with van der Waals surface area (Å²) in [6.07, 6.45) is 2.74. The molecule has 1 unspecified atom stereocenters. The summed E-state index contributed by atoms with van der Waals surface area (Å²) in [4.78, 5) is 25.3. The SMILES string of the molecule is CC(CCN)CCc1nc2nc(N)[nH]c(=O)c2[nH]1. The molecule has 2 rings (SSSR count). The van der Waals surface area contributed by atoms with Crippen molar-refractivity contribution < 1.29 is 0 Å². The minimum Gasteiger partial charge on any atom is -0.369 e. The van der Waals surface area contributed by atoms with E-state index in [2.05, 4.69) is 26.9 Å². The van der Waals surface area contributed by atoms with Crippen LogP contribution in [0.5, 0.6) is 0 Å². The summed E-state index contributed by atoms with van der Waals surface area (Å²) in [5, 5.41) is 0. The summed E-state index contributed by atoms with van der Waals surface area (Å²) < 4.78 is 0. The number of aromatic amines is 2. The summed E-state index contributed by atoms with van der Waals surface area (Å²) in [5.41, 5.74) is 11.4. The first kappa shape index (κ1) is 12.6. The van der Waals surface area contributed by atoms with Gasteiger partial charge in [-0.3, -0.25) is 9.78 Å². The van der Waals surface area contributed by atoms with Gasteiger partial charge in [0, 0.05) is 6.42 Å². The maximum atomic E-state index is 11.6. The largest absolute Gasteiger partial charge is 0.369 e. The number of H-pyrrole nitrogens is 2. The van der Waals surface area contributed by atoms with Gasteiger partial charge in [0.05, 0.1) is 0 Å². The van der Waals surface area contributed by atoms with E-state index < -0.39 is 0 Å². The van der Waals surface area contributed by atoms with E-state index >= 15 is 0 Å². The van der Waals surface area contributed by atoms with Crippen LogP contribution in [0.3, 0.4) is 0 Å². The molecule has 0 spiro atoms. The van der Waals surface area contributed by atoms with E-state index in [0.29, 0.717) is 23.6 Å². The van der Waals surface area contributed by atoms with Crippen molar-refractivity contribution in [2.75, 3.05) is 12.3 Å². The van der Waals surface area contributed by atoms with Gasteiger partial charge < -0.3 is 16.5 Å². The molecule has 6 N–H and O–H groups in total. The van der Waals surface area contributed by atoms with Crippen LogP contribution in [0.1, 0.15) is 25.6 Å². The summed E-state index contributed by atoms with van der Waals surface area (Å²) in [7, 11) is 0. The number of aromatic nitrogens is 4. The van der Waals surface area contributed by atoms with Crippen LogP contribution in [0.4, 0.5) is 5.95 Å². The van der Waals surface area contributed by atoms with Gasteiger partial charge in [0.15, 0.2) is 11.2 Å². The van der Waals surface area contributed by atoms with Crippen molar-refractivity contribution in [1.29, 1.82) is 0 Å². The van der Waals surface area contributed by atoms with E-state index in [4.69, 9.17) is 11.5 Å². The predicted octanol–water partition coefficient (Wildman–Crippen LogP) is 0.146. The minimum atomic E-state index is -0.286. The number of rotatable bonds is 5. The molecule has 2 aromatic heterocycles. The molecule has 0 aliphatic rings. The lowest BCUT2D eigenvalue weighted by Crippen LogP contribution is -2.10. The van der Waals surface area contributed by atoms with Gasteiger partial charge >= 0.3 is 0 Å². The van der Waals surface area contributed by atoms with Crippen LogP contribution in [-0.4, -0.2) is 26.5 Å². The monoisotopic (exact) mass is 250 g/mol. The molecule has 1 atom stereocenters. The lowest BCUT2D eigenvalue weighted by molar-refractivity contribution is 0.495. The highest BCUT2D eigenvalue weighted by molar-refractivity contribution is 5.70.